The molecule has 846 valence electrons. The molecule has 2 amide bonds. The first-order valence-electron chi connectivity index (χ1n) is 49.0. The van der Waals surface area contributed by atoms with Crippen molar-refractivity contribution in [1.29, 1.82) is 0 Å². The second kappa shape index (κ2) is 54.4. The minimum Gasteiger partial charge on any atom is -0.480 e. The predicted octanol–water partition coefficient (Wildman–Crippen LogP) is -12.7. The van der Waals surface area contributed by atoms with Gasteiger partial charge in [0.2, 0.25) is 5.91 Å². The van der Waals surface area contributed by atoms with Gasteiger partial charge in [-0.3, -0.25) is 4.79 Å². The second-order valence-corrected chi connectivity index (χ2v) is 38.7. The number of alkyl carbamates (subject to hydrolysis) is 1. The number of carboxylic acid groups (broad SMARTS) is 1. The molecule has 8 heterocycles. The van der Waals surface area contributed by atoms with E-state index in [1.54, 1.807) is 30.3 Å². The maximum Gasteiger partial charge on any atom is 0.407 e. The number of nitrogens with one attached hydrogen (secondary N) is 2. The molecule has 0 saturated carbocycles. The van der Waals surface area contributed by atoms with Crippen LogP contribution in [0, 0.1) is 23.7 Å². The Labute approximate surface area is 852 Å². The van der Waals surface area contributed by atoms with Crippen LogP contribution in [0.2, 0.25) is 0 Å². The highest BCUT2D eigenvalue weighted by Crippen LogP contribution is 2.47. The summed E-state index contributed by atoms with van der Waals surface area (Å²) in [6, 6.07) is 19.5. The molecule has 50 atom stereocenters. The Morgan fingerprint density at radius 2 is 0.987 bits per heavy atom. The molecule has 3 aromatic rings. The number of esters is 1. The number of aliphatic hydroxyl groups excluding tert-OH is 27. The van der Waals surface area contributed by atoms with Crippen LogP contribution in [-0.4, -0.2) is 522 Å². The monoisotopic (exact) mass is 2150 g/mol. The van der Waals surface area contributed by atoms with Crippen molar-refractivity contribution >= 4 is 23.9 Å². The van der Waals surface area contributed by atoms with Gasteiger partial charge in [0.15, 0.2) is 50.3 Å². The van der Waals surface area contributed by atoms with E-state index in [1.807, 2.05) is 48.5 Å². The van der Waals surface area contributed by atoms with E-state index in [1.165, 1.54) is 34.6 Å². The maximum absolute atomic E-state index is 14.3. The molecule has 18 unspecified atom stereocenters. The normalized spacial score (nSPS) is 39.3. The Kier molecular flexibility index (Phi) is 44.2. The van der Waals surface area contributed by atoms with Gasteiger partial charge in [0.05, 0.1) is 121 Å². The summed E-state index contributed by atoms with van der Waals surface area (Å²) in [6.07, 6.45) is -87.5. The molecule has 0 radical (unpaired) electrons. The van der Waals surface area contributed by atoms with E-state index in [-0.39, 0.29) is 6.61 Å². The zero-order valence-corrected chi connectivity index (χ0v) is 81.9. The number of amides is 2. The molecule has 0 spiro atoms. The van der Waals surface area contributed by atoms with Gasteiger partial charge in [0, 0.05) is 36.0 Å². The van der Waals surface area contributed by atoms with Gasteiger partial charge in [0.25, 0.3) is 5.79 Å². The lowest BCUT2D eigenvalue weighted by Crippen LogP contribution is -2.67. The summed E-state index contributed by atoms with van der Waals surface area (Å²) < 4.78 is 119. The van der Waals surface area contributed by atoms with Gasteiger partial charge in [-0.15, -0.1) is 0 Å². The third-order valence-corrected chi connectivity index (χ3v) is 28.4. The predicted molar refractivity (Wildman–Crippen MR) is 488 cm³/mol. The van der Waals surface area contributed by atoms with E-state index in [0.29, 0.717) is 5.56 Å². The van der Waals surface area contributed by atoms with E-state index in [4.69, 9.17) is 100 Å². The Balaban J connectivity index is 0.756. The lowest BCUT2D eigenvalue weighted by Gasteiger charge is -2.49. The molecular weight excluding hydrogens is 2000 g/mol. The van der Waals surface area contributed by atoms with Gasteiger partial charge >= 0.3 is 18.0 Å². The van der Waals surface area contributed by atoms with Gasteiger partial charge < -0.3 is 254 Å². The molecule has 8 saturated heterocycles. The van der Waals surface area contributed by atoms with Crippen LogP contribution in [0.1, 0.15) is 83.4 Å². The smallest absolute Gasteiger partial charge is 0.407 e. The molecule has 0 aromatic heterocycles. The number of hydrogen-bond donors (Lipinski definition) is 31. The van der Waals surface area contributed by atoms with E-state index in [9.17, 15) is 162 Å². The minimum atomic E-state index is -2.82. The summed E-state index contributed by atoms with van der Waals surface area (Å²) in [6.45, 7) is -3.23. The number of fused-ring (bicyclic) bond motifs is 3. The lowest BCUT2D eigenvalue weighted by molar-refractivity contribution is -0.388. The molecule has 3 aromatic carbocycles. The van der Waals surface area contributed by atoms with Crippen molar-refractivity contribution in [2.75, 3.05) is 72.7 Å². The summed E-state index contributed by atoms with van der Waals surface area (Å²) in [4.78, 5) is 53.7. The lowest BCUT2D eigenvalue weighted by atomic mass is 9.89. The fraction of sp³-hybridized carbons (Fsp3) is 0.766. The third-order valence-electron chi connectivity index (χ3n) is 28.4. The van der Waals surface area contributed by atoms with Crippen LogP contribution in [0.5, 0.6) is 0 Å². The first kappa shape index (κ1) is 121. The highest BCUT2D eigenvalue weighted by atomic mass is 16.8. The molecule has 55 nitrogen and oxygen atoms in total. The van der Waals surface area contributed by atoms with Gasteiger partial charge in [-0.1, -0.05) is 107 Å². The van der Waals surface area contributed by atoms with E-state index < -0.39 is 427 Å². The molecule has 9 aliphatic rings. The summed E-state index contributed by atoms with van der Waals surface area (Å²) in [7, 11) is 0. The topological polar surface area (TPSA) is 869 Å². The van der Waals surface area contributed by atoms with E-state index in [2.05, 4.69) is 10.6 Å². The number of aliphatic hydroxyl groups is 27. The van der Waals surface area contributed by atoms with Gasteiger partial charge in [-0.2, -0.15) is 0 Å². The Hall–Kier alpha value is -6.50. The number of carbonyl (C=O) groups excluding carboxylic acids is 3. The molecule has 0 bridgehead atoms. The van der Waals surface area contributed by atoms with E-state index in [0.717, 1.165) is 29.2 Å². The fourth-order valence-electron chi connectivity index (χ4n) is 19.2. The molecule has 55 heteroatoms. The molecule has 149 heavy (non-hydrogen) atoms. The number of nitrogens with two attached hydrogens (primary N) is 1. The maximum atomic E-state index is 14.3. The number of aliphatic carboxylic acids is 1. The Morgan fingerprint density at radius 1 is 0.490 bits per heavy atom. The van der Waals surface area contributed by atoms with Crippen LogP contribution in [0.3, 0.4) is 0 Å². The summed E-state index contributed by atoms with van der Waals surface area (Å²) in [5.74, 6) is -12.6. The zero-order chi connectivity index (χ0) is 109. The molecular formula is C94H143N3O52. The summed E-state index contributed by atoms with van der Waals surface area (Å²) >= 11 is 0. The number of hydrogen-bond acceptors (Lipinski definition) is 52. The van der Waals surface area contributed by atoms with Crippen molar-refractivity contribution < 1.29 is 257 Å². The molecule has 1 aliphatic carbocycles. The van der Waals surface area contributed by atoms with Gasteiger partial charge in [0.1, 0.15) is 191 Å². The Bertz CT molecular complexity index is 4560. The molecule has 8 fully saturated rings. The van der Waals surface area contributed by atoms with Crippen molar-refractivity contribution in [3.8, 4) is 11.1 Å². The van der Waals surface area contributed by atoms with Crippen molar-refractivity contribution in [1.82, 2.24) is 10.6 Å². The number of rotatable bonds is 48. The average Bonchev–Trinajstić information content (AvgIpc) is 1.68. The quantitative estimate of drug-likeness (QED) is 0.0184. The SMILES string of the molecule is CC1C(O)[C@H](O[C@@H]2OC(C)[C@H](O)C(O)[C@@H]2O)[C@H](CO)O[C@H]1OC[C@@H](OCC[C@@H](O)C(O[C@H]1O[C@H](CO)[C@@H](O)C(O)C1O[C@@H]1OC(CO)[C@@H](O[C@@H]2OC(CO[C@]3(C(=O)OCc4ccccc4)C[C@@H](O)[C@@H](N)C([C@H](O)[C@H](O)CO)O3)[C@H](O)C(O)[C@@H]2O)C(O)[C@@H]1C)[C@@H](O)[C@@H](O)O[C@@H]1C(CO)O[C@@H](O[C@@H]2C(CO)O[C@@H](NC(=O)CC(NC(=O)OCC3c4ccccc4-c4ccccc43)C(=O)O)[C@@H](C)C2O)[C@@H](C)C1O)OC(CO)[C@@H](O)[C@@H](C)O. The molecule has 8 aliphatic heterocycles. The van der Waals surface area contributed by atoms with Gasteiger partial charge in [-0.05, 0) is 48.1 Å². The largest absolute Gasteiger partial charge is 0.480 e. The number of carbonyl (C=O) groups is 4. The summed E-state index contributed by atoms with van der Waals surface area (Å²) in [5.41, 5.74) is 10.2. The van der Waals surface area contributed by atoms with Crippen molar-refractivity contribution in [3.05, 3.63) is 95.6 Å². The first-order chi connectivity index (χ1) is 70.8. The zero-order valence-electron chi connectivity index (χ0n) is 81.9. The van der Waals surface area contributed by atoms with Crippen LogP contribution in [0.15, 0.2) is 78.9 Å². The number of carboxylic acids is 1. The average molecular weight is 2150 g/mol. The number of benzene rings is 3. The van der Waals surface area contributed by atoms with Crippen molar-refractivity contribution in [2.45, 2.75) is 355 Å². The minimum absolute atomic E-state index is 0.200. The van der Waals surface area contributed by atoms with Crippen LogP contribution in [-0.2, 0) is 116 Å². The second-order valence-electron chi connectivity index (χ2n) is 38.7. The first-order valence-corrected chi connectivity index (χ1v) is 49.0. The van der Waals surface area contributed by atoms with Crippen LogP contribution in [0.25, 0.3) is 11.1 Å². The highest BCUT2D eigenvalue weighted by Gasteiger charge is 2.61. The van der Waals surface area contributed by atoms with Crippen molar-refractivity contribution in [2.24, 2.45) is 29.4 Å². The van der Waals surface area contributed by atoms with Gasteiger partial charge in [-0.25, -0.2) is 14.4 Å². The number of ether oxygens (including phenoxy) is 20. The molecule has 12 rings (SSSR count). The highest BCUT2D eigenvalue weighted by molar-refractivity contribution is 5.87. The van der Waals surface area contributed by atoms with Crippen LogP contribution >= 0.6 is 0 Å². The van der Waals surface area contributed by atoms with E-state index >= 15 is 0 Å². The van der Waals surface area contributed by atoms with Crippen LogP contribution in [0.4, 0.5) is 4.79 Å². The van der Waals surface area contributed by atoms with Crippen LogP contribution < -0.4 is 16.4 Å². The third kappa shape index (κ3) is 28.2. The molecule has 32 N–H and O–H groups in total. The Morgan fingerprint density at radius 3 is 1.55 bits per heavy atom. The standard InChI is InChI=1S/C94H143N3O52/c1-35-61(110)78(53(27-101)137-83(35)97-58(109)22-47(84(125)126)96-93(129)133-32-46-44-18-12-10-16-42(44)43-17-11-13-19-45(43)46)145-87-37(3)63(112)77(54(28-102)140-87)143-85(127)75(124)76(48(106)20-21-130-59(136-51(25-99)65(114)39(5)105)34-131-86-36(2)62(111)79(55(29-103)139-86)146-89-73(122)70(119)66(115)40(6)135-89)144-91-82(72(121)68(117)52(26-100)138-91)148-88-38(4)64(113)80(56(30-104)141-88)147-90-74(123)71(120)69(118)57(142-90)33-134-94(92(128)132-31-41-14-8-7-9-15-41)23-49(107)60(95)81(149-94)67(116)50(108)24-98/h7-19,35-40,46-57,59-83,85-91,98-108,110-124,127H,20-34,95H2,1-6H3,(H,96,129)(H,97,109)(H,125,126)/t35-,36?,37-,38-,39+,40?,47?,48+,49+,50+,51?,52+,53?,54?,55-,56?,57?,59-,60+,61?,62?,63?,64?,65-,66-,67+,68+,69-,70?,71?,72?,73-,74-,75+,76?,77+,78+,79+,80+,81?,82?,83+,85-,86+,87-,88-,89-,90-,91+,94+/m0/s1. The summed E-state index contributed by atoms with van der Waals surface area (Å²) in [5, 5.41) is 319. The fourth-order valence-corrected chi connectivity index (χ4v) is 19.2. The van der Waals surface area contributed by atoms with Crippen molar-refractivity contribution in [3.63, 3.8) is 0 Å².